The molecule has 0 heterocycles. The summed E-state index contributed by atoms with van der Waals surface area (Å²) in [5.41, 5.74) is 3.31. The summed E-state index contributed by atoms with van der Waals surface area (Å²) in [6, 6.07) is 14.0. The van der Waals surface area contributed by atoms with Gasteiger partial charge in [0, 0.05) is 24.1 Å². The van der Waals surface area contributed by atoms with Crippen molar-refractivity contribution in [1.82, 2.24) is 0 Å². The lowest BCUT2D eigenvalue weighted by molar-refractivity contribution is 0.749. The van der Waals surface area contributed by atoms with E-state index in [1.165, 1.54) is 5.56 Å². The van der Waals surface area contributed by atoms with E-state index in [0.29, 0.717) is 0 Å². The maximum Gasteiger partial charge on any atom is 0.0598 e. The van der Waals surface area contributed by atoms with Gasteiger partial charge in [-0.2, -0.15) is 0 Å². The largest absolute Gasteiger partial charge is 0.377 e. The minimum atomic E-state index is 0.195. The second-order valence-corrected chi connectivity index (χ2v) is 6.09. The Labute approximate surface area is 136 Å². The Morgan fingerprint density at radius 3 is 2.38 bits per heavy atom. The highest BCUT2D eigenvalue weighted by atomic mass is 35.5. The van der Waals surface area contributed by atoms with Crippen LogP contribution in [0, 0.1) is 0 Å². The van der Waals surface area contributed by atoms with Gasteiger partial charge in [0.25, 0.3) is 0 Å². The molecule has 0 saturated carbocycles. The van der Waals surface area contributed by atoms with Crippen LogP contribution in [-0.2, 0) is 0 Å². The van der Waals surface area contributed by atoms with Crippen LogP contribution in [0.15, 0.2) is 42.5 Å². The molecule has 2 aromatic rings. The molecule has 0 radical (unpaired) electrons. The Kier molecular flexibility index (Phi) is 5.38. The number of hydrogen-bond acceptors (Lipinski definition) is 2. The SMILES string of the molecule is CCC(Nc1cc(Cl)ccc1N(C)C)c1cccc(Cl)c1. The van der Waals surface area contributed by atoms with Gasteiger partial charge in [-0.15, -0.1) is 0 Å². The maximum atomic E-state index is 6.14. The first-order valence-corrected chi connectivity index (χ1v) is 7.75. The number of benzene rings is 2. The van der Waals surface area contributed by atoms with Crippen molar-refractivity contribution < 1.29 is 0 Å². The second-order valence-electron chi connectivity index (χ2n) is 5.22. The summed E-state index contributed by atoms with van der Waals surface area (Å²) in [7, 11) is 4.05. The molecule has 2 aromatic carbocycles. The fourth-order valence-electron chi connectivity index (χ4n) is 2.35. The van der Waals surface area contributed by atoms with E-state index >= 15 is 0 Å². The normalized spacial score (nSPS) is 12.0. The molecule has 2 rings (SSSR count). The van der Waals surface area contributed by atoms with Crippen molar-refractivity contribution in [3.63, 3.8) is 0 Å². The van der Waals surface area contributed by atoms with Gasteiger partial charge in [-0.25, -0.2) is 0 Å². The van der Waals surface area contributed by atoms with Crippen molar-refractivity contribution in [2.45, 2.75) is 19.4 Å². The third-order valence-electron chi connectivity index (χ3n) is 3.43. The molecule has 21 heavy (non-hydrogen) atoms. The number of nitrogens with one attached hydrogen (secondary N) is 1. The van der Waals surface area contributed by atoms with Crippen molar-refractivity contribution in [2.75, 3.05) is 24.3 Å². The van der Waals surface area contributed by atoms with Crippen molar-refractivity contribution in [3.8, 4) is 0 Å². The van der Waals surface area contributed by atoms with Crippen molar-refractivity contribution in [2.24, 2.45) is 0 Å². The topological polar surface area (TPSA) is 15.3 Å². The molecule has 0 spiro atoms. The van der Waals surface area contributed by atoms with Crippen LogP contribution in [0.3, 0.4) is 0 Å². The smallest absolute Gasteiger partial charge is 0.0598 e. The summed E-state index contributed by atoms with van der Waals surface area (Å²) in [5.74, 6) is 0. The Hall–Kier alpha value is -1.38. The fourth-order valence-corrected chi connectivity index (χ4v) is 2.72. The highest BCUT2D eigenvalue weighted by molar-refractivity contribution is 6.31. The van der Waals surface area contributed by atoms with Gasteiger partial charge < -0.3 is 10.2 Å². The van der Waals surface area contributed by atoms with E-state index in [1.54, 1.807) is 0 Å². The van der Waals surface area contributed by atoms with E-state index in [0.717, 1.165) is 27.8 Å². The third-order valence-corrected chi connectivity index (χ3v) is 3.90. The van der Waals surface area contributed by atoms with Gasteiger partial charge >= 0.3 is 0 Å². The van der Waals surface area contributed by atoms with Crippen molar-refractivity contribution >= 4 is 34.6 Å². The first-order chi connectivity index (χ1) is 10.0. The zero-order chi connectivity index (χ0) is 15.4. The Morgan fingerprint density at radius 2 is 1.76 bits per heavy atom. The Bertz CT molecular complexity index is 611. The number of halogens is 2. The van der Waals surface area contributed by atoms with E-state index in [1.807, 2.05) is 50.5 Å². The van der Waals surface area contributed by atoms with E-state index in [-0.39, 0.29) is 6.04 Å². The zero-order valence-corrected chi connectivity index (χ0v) is 14.0. The number of anilines is 2. The lowest BCUT2D eigenvalue weighted by atomic mass is 10.0. The third kappa shape index (κ3) is 4.05. The maximum absolute atomic E-state index is 6.14. The number of rotatable bonds is 5. The molecule has 0 fully saturated rings. The summed E-state index contributed by atoms with van der Waals surface area (Å²) in [4.78, 5) is 2.07. The average molecular weight is 323 g/mol. The van der Waals surface area contributed by atoms with E-state index in [2.05, 4.69) is 23.2 Å². The summed E-state index contributed by atoms with van der Waals surface area (Å²) < 4.78 is 0. The molecule has 1 unspecified atom stereocenters. The minimum absolute atomic E-state index is 0.195. The summed E-state index contributed by atoms with van der Waals surface area (Å²) in [6.45, 7) is 2.15. The molecule has 112 valence electrons. The first-order valence-electron chi connectivity index (χ1n) is 7.00. The quantitative estimate of drug-likeness (QED) is 0.768. The molecule has 2 nitrogen and oxygen atoms in total. The summed E-state index contributed by atoms with van der Waals surface area (Å²) in [5, 5.41) is 5.06. The molecule has 0 amide bonds. The van der Waals surface area contributed by atoms with E-state index < -0.39 is 0 Å². The summed E-state index contributed by atoms with van der Waals surface area (Å²) >= 11 is 12.2. The summed E-state index contributed by atoms with van der Waals surface area (Å²) in [6.07, 6.45) is 0.958. The van der Waals surface area contributed by atoms with Crippen LogP contribution in [0.25, 0.3) is 0 Å². The zero-order valence-electron chi connectivity index (χ0n) is 12.5. The highest BCUT2D eigenvalue weighted by Gasteiger charge is 2.13. The average Bonchev–Trinajstić information content (AvgIpc) is 2.44. The van der Waals surface area contributed by atoms with Crippen LogP contribution < -0.4 is 10.2 Å². The lowest BCUT2D eigenvalue weighted by Crippen LogP contribution is -2.15. The molecule has 0 aliphatic rings. The Morgan fingerprint density at radius 1 is 1.05 bits per heavy atom. The fraction of sp³-hybridized carbons (Fsp3) is 0.294. The lowest BCUT2D eigenvalue weighted by Gasteiger charge is -2.24. The predicted octanol–water partition coefficient (Wildman–Crippen LogP) is 5.62. The van der Waals surface area contributed by atoms with Gasteiger partial charge in [0.05, 0.1) is 17.4 Å². The van der Waals surface area contributed by atoms with E-state index in [9.17, 15) is 0 Å². The van der Waals surface area contributed by atoms with Crippen LogP contribution in [0.1, 0.15) is 24.9 Å². The first kappa shape index (κ1) is 16.0. The molecule has 0 saturated heterocycles. The van der Waals surface area contributed by atoms with Gasteiger partial charge in [0.15, 0.2) is 0 Å². The number of nitrogens with zero attached hydrogens (tertiary/aromatic N) is 1. The highest BCUT2D eigenvalue weighted by Crippen LogP contribution is 2.32. The van der Waals surface area contributed by atoms with Crippen LogP contribution in [0.5, 0.6) is 0 Å². The Balaban J connectivity index is 2.32. The van der Waals surface area contributed by atoms with Crippen molar-refractivity contribution in [1.29, 1.82) is 0 Å². The molecule has 0 aliphatic carbocycles. The van der Waals surface area contributed by atoms with Gasteiger partial charge in [0.1, 0.15) is 0 Å². The molecule has 1 atom stereocenters. The molecular formula is C17H20Cl2N2. The number of hydrogen-bond donors (Lipinski definition) is 1. The van der Waals surface area contributed by atoms with Crippen LogP contribution >= 0.6 is 23.2 Å². The molecule has 0 bridgehead atoms. The van der Waals surface area contributed by atoms with Gasteiger partial charge in [-0.1, -0.05) is 42.3 Å². The van der Waals surface area contributed by atoms with Gasteiger partial charge in [-0.3, -0.25) is 0 Å². The molecule has 0 aromatic heterocycles. The van der Waals surface area contributed by atoms with Crippen LogP contribution in [-0.4, -0.2) is 14.1 Å². The predicted molar refractivity (Wildman–Crippen MR) is 93.9 cm³/mol. The van der Waals surface area contributed by atoms with Gasteiger partial charge in [0.2, 0.25) is 0 Å². The van der Waals surface area contributed by atoms with Crippen LogP contribution in [0.4, 0.5) is 11.4 Å². The molecule has 1 N–H and O–H groups in total. The standard InChI is InChI=1S/C17H20Cl2N2/c1-4-15(12-6-5-7-13(18)10-12)20-16-11-14(19)8-9-17(16)21(2)3/h5-11,15,20H,4H2,1-3H3. The molecule has 4 heteroatoms. The van der Waals surface area contributed by atoms with Gasteiger partial charge in [-0.05, 0) is 42.3 Å². The van der Waals surface area contributed by atoms with Crippen molar-refractivity contribution in [3.05, 3.63) is 58.1 Å². The molecule has 0 aliphatic heterocycles. The minimum Gasteiger partial charge on any atom is -0.377 e. The van der Waals surface area contributed by atoms with Crippen LogP contribution in [0.2, 0.25) is 10.0 Å². The monoisotopic (exact) mass is 322 g/mol. The molecular weight excluding hydrogens is 303 g/mol. The van der Waals surface area contributed by atoms with E-state index in [4.69, 9.17) is 23.2 Å². The second kappa shape index (κ2) is 7.06.